The molecule has 0 saturated carbocycles. The monoisotopic (exact) mass is 270 g/mol. The zero-order valence-corrected chi connectivity index (χ0v) is 11.9. The van der Waals surface area contributed by atoms with Gasteiger partial charge in [0, 0.05) is 0 Å². The van der Waals surface area contributed by atoms with Crippen molar-refractivity contribution in [2.75, 3.05) is 0 Å². The highest BCUT2D eigenvalue weighted by Gasteiger charge is 2.16. The smallest absolute Gasteiger partial charge is 0.339 e. The number of ether oxygens (including phenoxy) is 1. The van der Waals surface area contributed by atoms with E-state index in [1.807, 2.05) is 51.1 Å². The van der Waals surface area contributed by atoms with Gasteiger partial charge in [-0.1, -0.05) is 30.3 Å². The van der Waals surface area contributed by atoms with Crippen LogP contribution in [0.15, 0.2) is 42.5 Å². The number of aromatic carboxylic acids is 1. The number of carbonyl (C=O) groups is 1. The Balaban J connectivity index is 2.56. The van der Waals surface area contributed by atoms with Crippen LogP contribution in [-0.2, 0) is 0 Å². The van der Waals surface area contributed by atoms with Gasteiger partial charge >= 0.3 is 5.97 Å². The van der Waals surface area contributed by atoms with Crippen molar-refractivity contribution in [1.29, 1.82) is 0 Å². The molecular formula is C17H18O3. The number of rotatable bonds is 4. The third-order valence-electron chi connectivity index (χ3n) is 3.00. The zero-order valence-electron chi connectivity index (χ0n) is 11.9. The van der Waals surface area contributed by atoms with E-state index in [0.717, 1.165) is 16.7 Å². The number of carboxylic acid groups (broad SMARTS) is 1. The van der Waals surface area contributed by atoms with Crippen molar-refractivity contribution < 1.29 is 14.6 Å². The largest absolute Gasteiger partial charge is 0.490 e. The average molecular weight is 270 g/mol. The van der Waals surface area contributed by atoms with Crippen LogP contribution >= 0.6 is 0 Å². The summed E-state index contributed by atoms with van der Waals surface area (Å²) in [5.74, 6) is -0.553. The van der Waals surface area contributed by atoms with Gasteiger partial charge in [0.05, 0.1) is 6.10 Å². The molecule has 0 aromatic heterocycles. The molecule has 0 bridgehead atoms. The van der Waals surface area contributed by atoms with E-state index < -0.39 is 5.97 Å². The van der Waals surface area contributed by atoms with E-state index in [2.05, 4.69) is 0 Å². The molecule has 0 heterocycles. The number of aryl methyl sites for hydroxylation is 1. The van der Waals surface area contributed by atoms with Crippen LogP contribution in [0.1, 0.15) is 29.8 Å². The van der Waals surface area contributed by atoms with Crippen molar-refractivity contribution in [3.63, 3.8) is 0 Å². The maximum Gasteiger partial charge on any atom is 0.339 e. The lowest BCUT2D eigenvalue weighted by Gasteiger charge is -2.15. The standard InChI is InChI=1S/C17H18O3/c1-11(2)20-16-9-12(3)14(10-15(16)17(18)19)13-7-5-4-6-8-13/h4-11H,1-3H3,(H,18,19). The minimum Gasteiger partial charge on any atom is -0.490 e. The van der Waals surface area contributed by atoms with Crippen molar-refractivity contribution in [1.82, 2.24) is 0 Å². The second kappa shape index (κ2) is 5.78. The van der Waals surface area contributed by atoms with E-state index in [0.29, 0.717) is 5.75 Å². The van der Waals surface area contributed by atoms with Crippen molar-refractivity contribution in [2.45, 2.75) is 26.9 Å². The zero-order chi connectivity index (χ0) is 14.7. The van der Waals surface area contributed by atoms with Gasteiger partial charge in [-0.05, 0) is 49.6 Å². The Labute approximate surface area is 118 Å². The van der Waals surface area contributed by atoms with Gasteiger partial charge in [0.1, 0.15) is 11.3 Å². The Kier molecular flexibility index (Phi) is 4.08. The van der Waals surface area contributed by atoms with Crippen LogP contribution in [0, 0.1) is 6.92 Å². The van der Waals surface area contributed by atoms with E-state index in [-0.39, 0.29) is 11.7 Å². The van der Waals surface area contributed by atoms with Gasteiger partial charge in [-0.15, -0.1) is 0 Å². The van der Waals surface area contributed by atoms with Gasteiger partial charge < -0.3 is 9.84 Å². The highest BCUT2D eigenvalue weighted by Crippen LogP contribution is 2.31. The molecule has 0 atom stereocenters. The van der Waals surface area contributed by atoms with Crippen molar-refractivity contribution >= 4 is 5.97 Å². The molecule has 3 nitrogen and oxygen atoms in total. The van der Waals surface area contributed by atoms with Crippen LogP contribution in [0.2, 0.25) is 0 Å². The van der Waals surface area contributed by atoms with Crippen molar-refractivity contribution in [3.8, 4) is 16.9 Å². The SMILES string of the molecule is Cc1cc(OC(C)C)c(C(=O)O)cc1-c1ccccc1. The van der Waals surface area contributed by atoms with Gasteiger partial charge in [0.15, 0.2) is 0 Å². The molecule has 2 rings (SSSR count). The topological polar surface area (TPSA) is 46.5 Å². The molecule has 104 valence electrons. The van der Waals surface area contributed by atoms with Crippen LogP contribution in [0.3, 0.4) is 0 Å². The van der Waals surface area contributed by atoms with Gasteiger partial charge in [-0.3, -0.25) is 0 Å². The molecule has 2 aromatic carbocycles. The first kappa shape index (κ1) is 14.1. The Morgan fingerprint density at radius 2 is 1.80 bits per heavy atom. The molecule has 3 heteroatoms. The van der Waals surface area contributed by atoms with Crippen LogP contribution in [0.5, 0.6) is 5.75 Å². The van der Waals surface area contributed by atoms with E-state index in [1.54, 1.807) is 12.1 Å². The summed E-state index contributed by atoms with van der Waals surface area (Å²) in [6, 6.07) is 13.2. The van der Waals surface area contributed by atoms with E-state index >= 15 is 0 Å². The number of benzene rings is 2. The Morgan fingerprint density at radius 3 is 2.35 bits per heavy atom. The summed E-state index contributed by atoms with van der Waals surface area (Å²) in [6.07, 6.45) is -0.0601. The molecule has 20 heavy (non-hydrogen) atoms. The molecule has 0 radical (unpaired) electrons. The molecule has 0 amide bonds. The first-order valence-electron chi connectivity index (χ1n) is 6.59. The second-order valence-electron chi connectivity index (χ2n) is 5.00. The number of carboxylic acids is 1. The predicted molar refractivity (Wildman–Crippen MR) is 79.3 cm³/mol. The molecule has 0 aliphatic carbocycles. The van der Waals surface area contributed by atoms with Crippen LogP contribution in [0.25, 0.3) is 11.1 Å². The number of hydrogen-bond acceptors (Lipinski definition) is 2. The first-order valence-corrected chi connectivity index (χ1v) is 6.59. The quantitative estimate of drug-likeness (QED) is 0.907. The van der Waals surface area contributed by atoms with E-state index in [1.165, 1.54) is 0 Å². The summed E-state index contributed by atoms with van der Waals surface area (Å²) in [6.45, 7) is 5.72. The highest BCUT2D eigenvalue weighted by atomic mass is 16.5. The molecule has 0 spiro atoms. The van der Waals surface area contributed by atoms with E-state index in [4.69, 9.17) is 4.74 Å². The van der Waals surface area contributed by atoms with Crippen molar-refractivity contribution in [3.05, 3.63) is 53.6 Å². The van der Waals surface area contributed by atoms with E-state index in [9.17, 15) is 9.90 Å². The Bertz CT molecular complexity index is 616. The Morgan fingerprint density at radius 1 is 1.15 bits per heavy atom. The lowest BCUT2D eigenvalue weighted by atomic mass is 9.97. The van der Waals surface area contributed by atoms with Crippen LogP contribution in [-0.4, -0.2) is 17.2 Å². The fourth-order valence-corrected chi connectivity index (χ4v) is 2.13. The molecule has 0 fully saturated rings. The summed E-state index contributed by atoms with van der Waals surface area (Å²) in [5, 5.41) is 9.36. The molecule has 0 saturated heterocycles. The summed E-state index contributed by atoms with van der Waals surface area (Å²) in [7, 11) is 0. The molecule has 2 aromatic rings. The average Bonchev–Trinajstić information content (AvgIpc) is 2.38. The lowest BCUT2D eigenvalue weighted by Crippen LogP contribution is -2.10. The van der Waals surface area contributed by atoms with Gasteiger partial charge in [0.2, 0.25) is 0 Å². The van der Waals surface area contributed by atoms with Gasteiger partial charge in [-0.25, -0.2) is 4.79 Å². The maximum atomic E-state index is 11.4. The second-order valence-corrected chi connectivity index (χ2v) is 5.00. The minimum atomic E-state index is -0.974. The summed E-state index contributed by atoms with van der Waals surface area (Å²) >= 11 is 0. The normalized spacial score (nSPS) is 10.6. The van der Waals surface area contributed by atoms with Gasteiger partial charge in [0.25, 0.3) is 0 Å². The summed E-state index contributed by atoms with van der Waals surface area (Å²) in [5.41, 5.74) is 3.11. The molecule has 1 N–H and O–H groups in total. The minimum absolute atomic E-state index is 0.0601. The summed E-state index contributed by atoms with van der Waals surface area (Å²) < 4.78 is 5.60. The lowest BCUT2D eigenvalue weighted by molar-refractivity contribution is 0.0690. The van der Waals surface area contributed by atoms with Crippen molar-refractivity contribution in [2.24, 2.45) is 0 Å². The third-order valence-corrected chi connectivity index (χ3v) is 3.00. The Hall–Kier alpha value is -2.29. The number of hydrogen-bond donors (Lipinski definition) is 1. The van der Waals surface area contributed by atoms with Gasteiger partial charge in [-0.2, -0.15) is 0 Å². The predicted octanol–water partition coefficient (Wildman–Crippen LogP) is 4.15. The van der Waals surface area contributed by atoms with Crippen LogP contribution in [0.4, 0.5) is 0 Å². The fourth-order valence-electron chi connectivity index (χ4n) is 2.13. The van der Waals surface area contributed by atoms with Crippen LogP contribution < -0.4 is 4.74 Å². The first-order chi connectivity index (χ1) is 9.49. The fraction of sp³-hybridized carbons (Fsp3) is 0.235. The molecular weight excluding hydrogens is 252 g/mol. The molecule has 0 aliphatic heterocycles. The molecule has 0 aliphatic rings. The molecule has 0 unspecified atom stereocenters. The third kappa shape index (κ3) is 2.99. The summed E-state index contributed by atoms with van der Waals surface area (Å²) in [4.78, 5) is 11.4. The highest BCUT2D eigenvalue weighted by molar-refractivity contribution is 5.93. The maximum absolute atomic E-state index is 11.4.